The molecule has 5 heteroatoms. The molecule has 0 aromatic heterocycles. The summed E-state index contributed by atoms with van der Waals surface area (Å²) >= 11 is 0. The van der Waals surface area contributed by atoms with Crippen molar-refractivity contribution in [1.82, 2.24) is 10.2 Å². The van der Waals surface area contributed by atoms with Gasteiger partial charge in [-0.05, 0) is 20.3 Å². The van der Waals surface area contributed by atoms with Crippen LogP contribution in [0, 0.1) is 0 Å². The van der Waals surface area contributed by atoms with Gasteiger partial charge in [-0.25, -0.2) is 10.7 Å². The summed E-state index contributed by atoms with van der Waals surface area (Å²) in [6.07, 6.45) is 0.820. The number of hydrogen-bond donors (Lipinski definition) is 2. The van der Waals surface area contributed by atoms with E-state index in [0.717, 1.165) is 13.0 Å². The maximum Gasteiger partial charge on any atom is 0.317 e. The first kappa shape index (κ1) is 10.3. The van der Waals surface area contributed by atoms with E-state index < -0.39 is 0 Å². The Balaban J connectivity index is 2.33. The minimum absolute atomic E-state index is 0.00193. The first-order chi connectivity index (χ1) is 6.13. The number of nitrogens with one attached hydrogen (secondary N) is 1. The molecule has 1 saturated heterocycles. The van der Waals surface area contributed by atoms with Crippen LogP contribution in [-0.4, -0.2) is 36.2 Å². The second-order valence-corrected chi connectivity index (χ2v) is 3.60. The molecule has 5 nitrogen and oxygen atoms in total. The van der Waals surface area contributed by atoms with Gasteiger partial charge in [0.25, 0.3) is 0 Å². The molecule has 3 N–H and O–H groups in total. The molecule has 76 valence electrons. The summed E-state index contributed by atoms with van der Waals surface area (Å²) in [5, 5.41) is 2.82. The lowest BCUT2D eigenvalue weighted by atomic mass is 10.3. The Morgan fingerprint density at radius 1 is 1.69 bits per heavy atom. The van der Waals surface area contributed by atoms with E-state index in [1.54, 1.807) is 4.90 Å². The number of carbonyl (C=O) groups is 1. The molecule has 1 atom stereocenters. The average Bonchev–Trinajstić information content (AvgIpc) is 2.50. The Labute approximate surface area is 78.2 Å². The molecule has 0 spiro atoms. The predicted molar refractivity (Wildman–Crippen MR) is 48.9 cm³/mol. The Morgan fingerprint density at radius 2 is 2.38 bits per heavy atom. The third kappa shape index (κ3) is 2.86. The maximum atomic E-state index is 11.4. The third-order valence-corrected chi connectivity index (χ3v) is 2.04. The van der Waals surface area contributed by atoms with Crippen LogP contribution in [0.25, 0.3) is 0 Å². The summed E-state index contributed by atoms with van der Waals surface area (Å²) in [7, 11) is 0. The lowest BCUT2D eigenvalue weighted by Gasteiger charge is -2.18. The highest BCUT2D eigenvalue weighted by Gasteiger charge is 2.26. The van der Waals surface area contributed by atoms with E-state index in [4.69, 9.17) is 5.90 Å². The smallest absolute Gasteiger partial charge is 0.317 e. The van der Waals surface area contributed by atoms with Crippen molar-refractivity contribution in [2.75, 3.05) is 13.1 Å². The molecular formula is C8H17N3O2. The Kier molecular flexibility index (Phi) is 3.50. The highest BCUT2D eigenvalue weighted by Crippen LogP contribution is 2.10. The van der Waals surface area contributed by atoms with Crippen LogP contribution in [0.4, 0.5) is 4.79 Å². The van der Waals surface area contributed by atoms with Gasteiger partial charge in [-0.3, -0.25) is 4.84 Å². The van der Waals surface area contributed by atoms with Gasteiger partial charge in [0.15, 0.2) is 0 Å². The molecule has 0 bridgehead atoms. The van der Waals surface area contributed by atoms with Crippen molar-refractivity contribution in [2.24, 2.45) is 5.90 Å². The monoisotopic (exact) mass is 187 g/mol. The largest absolute Gasteiger partial charge is 0.336 e. The predicted octanol–water partition coefficient (Wildman–Crippen LogP) is 0.0690. The van der Waals surface area contributed by atoms with Crippen LogP contribution in [-0.2, 0) is 4.84 Å². The van der Waals surface area contributed by atoms with Gasteiger partial charge < -0.3 is 10.2 Å². The molecule has 0 aliphatic carbocycles. The second kappa shape index (κ2) is 4.43. The minimum Gasteiger partial charge on any atom is -0.336 e. The summed E-state index contributed by atoms with van der Waals surface area (Å²) in [6, 6.07) is 0.139. The van der Waals surface area contributed by atoms with Gasteiger partial charge in [-0.1, -0.05) is 0 Å². The average molecular weight is 187 g/mol. The summed E-state index contributed by atoms with van der Waals surface area (Å²) in [4.78, 5) is 17.8. The SMILES string of the molecule is CC(C)NC(=O)N1CCC(ON)C1. The second-order valence-electron chi connectivity index (χ2n) is 3.60. The van der Waals surface area contributed by atoms with E-state index in [1.807, 2.05) is 13.8 Å². The molecular weight excluding hydrogens is 170 g/mol. The normalized spacial score (nSPS) is 22.5. The summed E-state index contributed by atoms with van der Waals surface area (Å²) in [6.45, 7) is 5.19. The molecule has 0 aromatic carbocycles. The molecule has 2 amide bonds. The number of rotatable bonds is 2. The van der Waals surface area contributed by atoms with Crippen LogP contribution in [0.1, 0.15) is 20.3 Å². The van der Waals surface area contributed by atoms with Crippen LogP contribution < -0.4 is 11.2 Å². The molecule has 13 heavy (non-hydrogen) atoms. The van der Waals surface area contributed by atoms with E-state index in [2.05, 4.69) is 10.2 Å². The van der Waals surface area contributed by atoms with Crippen LogP contribution in [0.5, 0.6) is 0 Å². The fraction of sp³-hybridized carbons (Fsp3) is 0.875. The van der Waals surface area contributed by atoms with Crippen LogP contribution in [0.3, 0.4) is 0 Å². The van der Waals surface area contributed by atoms with Crippen molar-refractivity contribution in [3.63, 3.8) is 0 Å². The number of nitrogens with zero attached hydrogens (tertiary/aromatic N) is 1. The Morgan fingerprint density at radius 3 is 2.85 bits per heavy atom. The van der Waals surface area contributed by atoms with Gasteiger partial charge in [-0.2, -0.15) is 0 Å². The van der Waals surface area contributed by atoms with E-state index >= 15 is 0 Å². The third-order valence-electron chi connectivity index (χ3n) is 2.04. The highest BCUT2D eigenvalue weighted by molar-refractivity contribution is 5.74. The van der Waals surface area contributed by atoms with Crippen molar-refractivity contribution in [3.8, 4) is 0 Å². The van der Waals surface area contributed by atoms with Crippen LogP contribution >= 0.6 is 0 Å². The van der Waals surface area contributed by atoms with Crippen molar-refractivity contribution in [1.29, 1.82) is 0 Å². The van der Waals surface area contributed by atoms with Crippen molar-refractivity contribution in [2.45, 2.75) is 32.4 Å². The zero-order valence-corrected chi connectivity index (χ0v) is 8.12. The van der Waals surface area contributed by atoms with Gasteiger partial charge in [0, 0.05) is 12.6 Å². The fourth-order valence-corrected chi connectivity index (χ4v) is 1.36. The summed E-state index contributed by atoms with van der Waals surface area (Å²) in [5.74, 6) is 5.04. The van der Waals surface area contributed by atoms with Gasteiger partial charge in [0.1, 0.15) is 0 Å². The molecule has 1 aliphatic heterocycles. The number of amides is 2. The van der Waals surface area contributed by atoms with Gasteiger partial charge in [0.2, 0.25) is 0 Å². The first-order valence-electron chi connectivity index (χ1n) is 4.54. The molecule has 1 aliphatic rings. The van der Waals surface area contributed by atoms with Crippen LogP contribution in [0.2, 0.25) is 0 Å². The van der Waals surface area contributed by atoms with Crippen molar-refractivity contribution in [3.05, 3.63) is 0 Å². The number of carbonyl (C=O) groups excluding carboxylic acids is 1. The van der Waals surface area contributed by atoms with E-state index in [1.165, 1.54) is 0 Å². The number of nitrogens with two attached hydrogens (primary N) is 1. The number of urea groups is 1. The lowest BCUT2D eigenvalue weighted by Crippen LogP contribution is -2.42. The van der Waals surface area contributed by atoms with Crippen LogP contribution in [0.15, 0.2) is 0 Å². The Bertz CT molecular complexity index is 184. The number of likely N-dealkylation sites (tertiary alicyclic amines) is 1. The van der Waals surface area contributed by atoms with Crippen molar-refractivity contribution >= 4 is 6.03 Å². The summed E-state index contributed by atoms with van der Waals surface area (Å²) in [5.41, 5.74) is 0. The summed E-state index contributed by atoms with van der Waals surface area (Å²) < 4.78 is 0. The van der Waals surface area contributed by atoms with Crippen molar-refractivity contribution < 1.29 is 9.63 Å². The van der Waals surface area contributed by atoms with Gasteiger partial charge in [0.05, 0.1) is 12.6 Å². The minimum atomic E-state index is -0.0328. The molecule has 1 heterocycles. The molecule has 0 radical (unpaired) electrons. The molecule has 1 fully saturated rings. The zero-order valence-electron chi connectivity index (χ0n) is 8.12. The van der Waals surface area contributed by atoms with Gasteiger partial charge in [-0.15, -0.1) is 0 Å². The van der Waals surface area contributed by atoms with E-state index in [-0.39, 0.29) is 18.2 Å². The maximum absolute atomic E-state index is 11.4. The first-order valence-corrected chi connectivity index (χ1v) is 4.54. The molecule has 1 unspecified atom stereocenters. The quantitative estimate of drug-likeness (QED) is 0.601. The topological polar surface area (TPSA) is 67.6 Å². The van der Waals surface area contributed by atoms with E-state index in [9.17, 15) is 4.79 Å². The van der Waals surface area contributed by atoms with Gasteiger partial charge >= 0.3 is 6.03 Å². The zero-order chi connectivity index (χ0) is 9.84. The molecule has 0 saturated carbocycles. The van der Waals surface area contributed by atoms with E-state index in [0.29, 0.717) is 6.54 Å². The lowest BCUT2D eigenvalue weighted by molar-refractivity contribution is 0.0616. The standard InChI is InChI=1S/C8H17N3O2/c1-6(2)10-8(12)11-4-3-7(5-11)13-9/h6-7H,3-5,9H2,1-2H3,(H,10,12). The number of hydrogen-bond acceptors (Lipinski definition) is 3. The Hall–Kier alpha value is -0.810. The molecule has 1 rings (SSSR count). The molecule has 0 aromatic rings. The highest BCUT2D eigenvalue weighted by atomic mass is 16.6. The fourth-order valence-electron chi connectivity index (χ4n) is 1.36.